The first-order valence-electron chi connectivity index (χ1n) is 8.93. The Morgan fingerprint density at radius 3 is 2.79 bits per heavy atom. The number of rotatable bonds is 7. The molecule has 2 aromatic rings. The van der Waals surface area contributed by atoms with Gasteiger partial charge in [-0.3, -0.25) is 14.4 Å². The molecule has 2 heterocycles. The number of carbonyl (C=O) groups excluding carboxylic acids is 2. The Balaban J connectivity index is 1.57. The Morgan fingerprint density at radius 2 is 2.03 bits per heavy atom. The number of nitrogens with zero attached hydrogens (tertiary/aromatic N) is 1. The van der Waals surface area contributed by atoms with Crippen LogP contribution in [0.3, 0.4) is 0 Å². The highest BCUT2D eigenvalue weighted by Crippen LogP contribution is 2.32. The molecule has 0 spiro atoms. The van der Waals surface area contributed by atoms with Crippen LogP contribution in [0.2, 0.25) is 0 Å². The van der Waals surface area contributed by atoms with E-state index in [1.54, 1.807) is 0 Å². The molecule has 9 nitrogen and oxygen atoms in total. The predicted molar refractivity (Wildman–Crippen MR) is 105 cm³/mol. The van der Waals surface area contributed by atoms with Crippen LogP contribution in [0, 0.1) is 0 Å². The zero-order chi connectivity index (χ0) is 20.8. The molecule has 1 aliphatic heterocycles. The number of esters is 1. The Morgan fingerprint density at radius 1 is 1.28 bits per heavy atom. The zero-order valence-electron chi connectivity index (χ0n) is 16.0. The van der Waals surface area contributed by atoms with E-state index in [2.05, 4.69) is 20.0 Å². The van der Waals surface area contributed by atoms with E-state index < -0.39 is 11.5 Å². The normalized spacial score (nSPS) is 13.4. The minimum atomic E-state index is -0.495. The van der Waals surface area contributed by atoms with Gasteiger partial charge in [0.25, 0.3) is 5.56 Å². The van der Waals surface area contributed by atoms with Gasteiger partial charge in [-0.05, 0) is 24.6 Å². The van der Waals surface area contributed by atoms with E-state index in [4.69, 9.17) is 9.47 Å². The van der Waals surface area contributed by atoms with E-state index in [1.165, 1.54) is 13.2 Å². The van der Waals surface area contributed by atoms with Crippen molar-refractivity contribution in [2.24, 2.45) is 0 Å². The van der Waals surface area contributed by atoms with Crippen molar-refractivity contribution in [3.05, 3.63) is 45.9 Å². The maximum atomic E-state index is 12.3. The van der Waals surface area contributed by atoms with Crippen molar-refractivity contribution in [1.29, 1.82) is 0 Å². The minimum absolute atomic E-state index is 0.0551. The molecule has 1 aromatic carbocycles. The van der Waals surface area contributed by atoms with Crippen LogP contribution in [0.25, 0.3) is 0 Å². The molecule has 0 aliphatic carbocycles. The number of carbonyl (C=O) groups is 2. The lowest BCUT2D eigenvalue weighted by atomic mass is 10.1. The fourth-order valence-electron chi connectivity index (χ4n) is 2.69. The lowest BCUT2D eigenvalue weighted by Crippen LogP contribution is -2.28. The van der Waals surface area contributed by atoms with Gasteiger partial charge in [0.15, 0.2) is 16.7 Å². The third kappa shape index (κ3) is 5.74. The van der Waals surface area contributed by atoms with E-state index in [0.717, 1.165) is 17.3 Å². The molecular formula is C19H21N3O6S. The molecule has 0 bridgehead atoms. The molecule has 1 amide bonds. The highest BCUT2D eigenvalue weighted by atomic mass is 32.2. The molecule has 1 aromatic heterocycles. The van der Waals surface area contributed by atoms with Gasteiger partial charge in [0.05, 0.1) is 31.0 Å². The molecule has 1 aliphatic rings. The van der Waals surface area contributed by atoms with Crippen LogP contribution >= 0.6 is 11.8 Å². The number of hydrogen-bond acceptors (Lipinski definition) is 8. The second-order valence-corrected chi connectivity index (χ2v) is 7.24. The average Bonchev–Trinajstić information content (AvgIpc) is 2.71. The van der Waals surface area contributed by atoms with Crippen LogP contribution in [0.15, 0.2) is 34.2 Å². The zero-order valence-corrected chi connectivity index (χ0v) is 16.8. The number of methoxy groups -OCH3 is 1. The molecule has 29 heavy (non-hydrogen) atoms. The Bertz CT molecular complexity index is 961. The van der Waals surface area contributed by atoms with Crippen LogP contribution < -0.4 is 20.3 Å². The lowest BCUT2D eigenvalue weighted by molar-refractivity contribution is -0.139. The summed E-state index contributed by atoms with van der Waals surface area (Å²) >= 11 is 1.08. The summed E-state index contributed by atoms with van der Waals surface area (Å²) < 4.78 is 15.6. The monoisotopic (exact) mass is 419 g/mol. The van der Waals surface area contributed by atoms with E-state index in [1.807, 2.05) is 25.1 Å². The topological polar surface area (TPSA) is 120 Å². The van der Waals surface area contributed by atoms with Crippen molar-refractivity contribution in [3.8, 4) is 11.5 Å². The summed E-state index contributed by atoms with van der Waals surface area (Å²) in [5, 5.41) is 3.16. The summed E-state index contributed by atoms with van der Waals surface area (Å²) in [7, 11) is 1.26. The first-order valence-corrected chi connectivity index (χ1v) is 9.92. The Hall–Kier alpha value is -3.01. The summed E-state index contributed by atoms with van der Waals surface area (Å²) in [5.41, 5.74) is 0.777. The van der Waals surface area contributed by atoms with Crippen molar-refractivity contribution in [2.75, 3.05) is 26.1 Å². The van der Waals surface area contributed by atoms with Crippen molar-refractivity contribution in [3.63, 3.8) is 0 Å². The maximum absolute atomic E-state index is 12.3. The van der Waals surface area contributed by atoms with Gasteiger partial charge in [0.2, 0.25) is 5.91 Å². The first kappa shape index (κ1) is 20.7. The summed E-state index contributed by atoms with van der Waals surface area (Å²) in [4.78, 5) is 42.1. The number of aromatic nitrogens is 2. The van der Waals surface area contributed by atoms with Gasteiger partial charge in [-0.25, -0.2) is 4.98 Å². The minimum Gasteiger partial charge on any atom is -0.486 e. The maximum Gasteiger partial charge on any atom is 0.311 e. The number of H-pyrrole nitrogens is 1. The fraction of sp³-hybridized carbons (Fsp3) is 0.368. The smallest absolute Gasteiger partial charge is 0.311 e. The van der Waals surface area contributed by atoms with E-state index in [0.29, 0.717) is 24.7 Å². The summed E-state index contributed by atoms with van der Waals surface area (Å²) in [5.74, 6) is 0.687. The molecule has 0 saturated heterocycles. The van der Waals surface area contributed by atoms with E-state index in [9.17, 15) is 14.4 Å². The number of fused-ring (bicyclic) bond motifs is 1. The van der Waals surface area contributed by atoms with E-state index in [-0.39, 0.29) is 35.0 Å². The molecule has 0 unspecified atom stereocenters. The van der Waals surface area contributed by atoms with Crippen LogP contribution in [0.4, 0.5) is 0 Å². The number of benzene rings is 1. The van der Waals surface area contributed by atoms with Crippen molar-refractivity contribution >= 4 is 23.6 Å². The predicted octanol–water partition coefficient (Wildman–Crippen LogP) is 1.23. The number of nitrogens with one attached hydrogen (secondary N) is 2. The Kier molecular flexibility index (Phi) is 6.76. The van der Waals surface area contributed by atoms with Crippen LogP contribution in [0.5, 0.6) is 11.5 Å². The second kappa shape index (κ2) is 9.46. The van der Waals surface area contributed by atoms with Crippen molar-refractivity contribution < 1.29 is 23.8 Å². The fourth-order valence-corrected chi connectivity index (χ4v) is 3.40. The van der Waals surface area contributed by atoms with Crippen molar-refractivity contribution in [2.45, 2.75) is 24.5 Å². The largest absolute Gasteiger partial charge is 0.486 e. The number of hydrogen-bond donors (Lipinski definition) is 2. The van der Waals surface area contributed by atoms with Crippen LogP contribution in [-0.2, 0) is 20.7 Å². The van der Waals surface area contributed by atoms with E-state index >= 15 is 0 Å². The average molecular weight is 419 g/mol. The quantitative estimate of drug-likeness (QED) is 0.391. The van der Waals surface area contributed by atoms with Gasteiger partial charge in [-0.1, -0.05) is 17.8 Å². The SMILES string of the molecule is COC(=O)Cc1cc(=O)[nH]c(SCC(=O)N[C@H](C)c2ccc3c(c2)OCCO3)n1. The number of ether oxygens (including phenoxy) is 3. The number of amides is 1. The molecule has 1 atom stereocenters. The standard InChI is InChI=1S/C19H21N3O6S/c1-11(12-3-4-14-15(7-12)28-6-5-27-14)20-17(24)10-29-19-21-13(8-16(23)22-19)9-18(25)26-2/h3-4,7-8,11H,5-6,9-10H2,1-2H3,(H,20,24)(H,21,22,23)/t11-/m1/s1. The summed E-state index contributed by atoms with van der Waals surface area (Å²) in [6.07, 6.45) is -0.110. The number of thioether (sulfide) groups is 1. The third-order valence-electron chi connectivity index (χ3n) is 4.11. The second-order valence-electron chi connectivity index (χ2n) is 6.28. The molecule has 154 valence electrons. The van der Waals surface area contributed by atoms with Crippen LogP contribution in [0.1, 0.15) is 24.2 Å². The molecule has 0 fully saturated rings. The molecule has 0 radical (unpaired) electrons. The van der Waals surface area contributed by atoms with Gasteiger partial charge in [0, 0.05) is 6.07 Å². The van der Waals surface area contributed by atoms with Gasteiger partial charge < -0.3 is 24.5 Å². The molecule has 0 saturated carbocycles. The molecular weight excluding hydrogens is 398 g/mol. The van der Waals surface area contributed by atoms with Gasteiger partial charge in [-0.15, -0.1) is 0 Å². The molecule has 10 heteroatoms. The van der Waals surface area contributed by atoms with Gasteiger partial charge in [0.1, 0.15) is 13.2 Å². The van der Waals surface area contributed by atoms with Crippen LogP contribution in [-0.4, -0.2) is 47.9 Å². The lowest BCUT2D eigenvalue weighted by Gasteiger charge is -2.21. The summed E-state index contributed by atoms with van der Waals surface area (Å²) in [6.45, 7) is 2.88. The highest BCUT2D eigenvalue weighted by molar-refractivity contribution is 7.99. The van der Waals surface area contributed by atoms with Gasteiger partial charge in [-0.2, -0.15) is 0 Å². The number of aromatic amines is 1. The molecule has 2 N–H and O–H groups in total. The summed E-state index contributed by atoms with van der Waals surface area (Å²) in [6, 6.07) is 6.54. The highest BCUT2D eigenvalue weighted by Gasteiger charge is 2.16. The molecule has 3 rings (SSSR count). The third-order valence-corrected chi connectivity index (χ3v) is 4.98. The van der Waals surface area contributed by atoms with Crippen molar-refractivity contribution in [1.82, 2.24) is 15.3 Å². The van der Waals surface area contributed by atoms with Gasteiger partial charge >= 0.3 is 5.97 Å². The Labute approximate surface area is 171 Å². The first-order chi connectivity index (χ1) is 13.9.